The van der Waals surface area contributed by atoms with Gasteiger partial charge in [0.25, 0.3) is 0 Å². The lowest BCUT2D eigenvalue weighted by molar-refractivity contribution is 1.32. The molecule has 16 heavy (non-hydrogen) atoms. The van der Waals surface area contributed by atoms with Gasteiger partial charge in [-0.2, -0.15) is 0 Å². The molecule has 0 unspecified atom stereocenters. The average Bonchev–Trinajstić information content (AvgIpc) is 2.31. The predicted molar refractivity (Wildman–Crippen MR) is 72.2 cm³/mol. The minimum absolute atomic E-state index is 1.08. The number of benzene rings is 1. The highest BCUT2D eigenvalue weighted by Gasteiger charge is 1.97. The lowest BCUT2D eigenvalue weighted by atomic mass is 10.1. The van der Waals surface area contributed by atoms with E-state index in [1.165, 1.54) is 11.1 Å². The number of halogens is 1. The fraction of sp³-hybridized carbons (Fsp3) is 0.0714. The van der Waals surface area contributed by atoms with Gasteiger partial charge in [0.05, 0.1) is 0 Å². The third kappa shape index (κ3) is 2.80. The molecule has 0 bridgehead atoms. The number of aromatic nitrogens is 1. The van der Waals surface area contributed by atoms with Gasteiger partial charge in [0.15, 0.2) is 0 Å². The third-order valence-corrected chi connectivity index (χ3v) is 3.01. The molecule has 0 radical (unpaired) electrons. The zero-order valence-corrected chi connectivity index (χ0v) is 10.6. The molecule has 1 aromatic carbocycles. The Morgan fingerprint density at radius 2 is 1.69 bits per heavy atom. The maximum absolute atomic E-state index is 3.99. The van der Waals surface area contributed by atoms with Gasteiger partial charge in [-0.15, -0.1) is 0 Å². The first-order valence-corrected chi connectivity index (χ1v) is 5.89. The molecular weight excluding hydrogens is 262 g/mol. The molecule has 2 heteroatoms. The van der Waals surface area contributed by atoms with Crippen LogP contribution >= 0.6 is 15.9 Å². The summed E-state index contributed by atoms with van der Waals surface area (Å²) in [4.78, 5) is 3.99. The maximum Gasteiger partial charge on any atom is 0.0273 e. The zero-order chi connectivity index (χ0) is 11.4. The number of hydrogen-bond acceptors (Lipinski definition) is 1. The predicted octanol–water partition coefficient (Wildman–Crippen LogP) is 4.28. The quantitative estimate of drug-likeness (QED) is 0.796. The fourth-order valence-electron chi connectivity index (χ4n) is 1.40. The molecule has 1 heterocycles. The third-order valence-electron chi connectivity index (χ3n) is 2.33. The smallest absolute Gasteiger partial charge is 0.0273 e. The first-order chi connectivity index (χ1) is 7.75. The molecular formula is C14H12BrN. The second kappa shape index (κ2) is 5.08. The Balaban J connectivity index is 2.28. The van der Waals surface area contributed by atoms with E-state index in [1.54, 1.807) is 12.4 Å². The average molecular weight is 274 g/mol. The van der Waals surface area contributed by atoms with Crippen molar-refractivity contribution in [2.24, 2.45) is 0 Å². The second-order valence-electron chi connectivity index (χ2n) is 3.64. The van der Waals surface area contributed by atoms with E-state index in [9.17, 15) is 0 Å². The Bertz CT molecular complexity index is 486. The Hall–Kier alpha value is -1.41. The van der Waals surface area contributed by atoms with Crippen LogP contribution < -0.4 is 0 Å². The van der Waals surface area contributed by atoms with E-state index in [0.717, 1.165) is 10.0 Å². The summed E-state index contributed by atoms with van der Waals surface area (Å²) in [6, 6.07) is 12.4. The van der Waals surface area contributed by atoms with Crippen molar-refractivity contribution >= 4 is 26.5 Å². The van der Waals surface area contributed by atoms with Gasteiger partial charge in [0.1, 0.15) is 0 Å². The summed E-state index contributed by atoms with van der Waals surface area (Å²) in [6.07, 6.45) is 5.68. The molecule has 0 amide bonds. The van der Waals surface area contributed by atoms with E-state index in [4.69, 9.17) is 0 Å². The van der Waals surface area contributed by atoms with Gasteiger partial charge < -0.3 is 0 Å². The van der Waals surface area contributed by atoms with E-state index >= 15 is 0 Å². The summed E-state index contributed by atoms with van der Waals surface area (Å²) in [7, 11) is 0. The van der Waals surface area contributed by atoms with E-state index in [0.29, 0.717) is 0 Å². The van der Waals surface area contributed by atoms with Crippen LogP contribution in [0.4, 0.5) is 0 Å². The molecule has 0 aliphatic rings. The molecule has 0 aliphatic carbocycles. The molecule has 1 nitrogen and oxygen atoms in total. The summed E-state index contributed by atoms with van der Waals surface area (Å²) < 4.78 is 1.08. The Morgan fingerprint density at radius 1 is 1.06 bits per heavy atom. The van der Waals surface area contributed by atoms with Gasteiger partial charge in [-0.05, 0) is 36.3 Å². The van der Waals surface area contributed by atoms with Crippen LogP contribution in [0, 0.1) is 6.92 Å². The Labute approximate surface area is 104 Å². The molecule has 0 saturated heterocycles. The maximum atomic E-state index is 3.99. The van der Waals surface area contributed by atoms with Crippen LogP contribution in [0.15, 0.2) is 48.8 Å². The molecule has 1 aromatic heterocycles. The summed E-state index contributed by atoms with van der Waals surface area (Å²) in [5.41, 5.74) is 3.60. The zero-order valence-electron chi connectivity index (χ0n) is 9.02. The van der Waals surface area contributed by atoms with Gasteiger partial charge in [0.2, 0.25) is 0 Å². The highest BCUT2D eigenvalue weighted by atomic mass is 79.9. The largest absolute Gasteiger partial charge is 0.265 e. The highest BCUT2D eigenvalue weighted by molar-refractivity contribution is 9.15. The molecule has 0 atom stereocenters. The van der Waals surface area contributed by atoms with Gasteiger partial charge in [-0.1, -0.05) is 45.8 Å². The number of pyridine rings is 1. The molecule has 0 N–H and O–H groups in total. The van der Waals surface area contributed by atoms with Crippen LogP contribution in [-0.2, 0) is 0 Å². The van der Waals surface area contributed by atoms with Crippen LogP contribution in [0.2, 0.25) is 0 Å². The van der Waals surface area contributed by atoms with Gasteiger partial charge in [-0.25, -0.2) is 0 Å². The summed E-state index contributed by atoms with van der Waals surface area (Å²) in [6.45, 7) is 2.09. The minimum Gasteiger partial charge on any atom is -0.265 e. The van der Waals surface area contributed by atoms with Gasteiger partial charge in [-0.3, -0.25) is 4.98 Å². The molecule has 0 fully saturated rings. The molecule has 2 rings (SSSR count). The van der Waals surface area contributed by atoms with E-state index in [1.807, 2.05) is 12.1 Å². The summed E-state index contributed by atoms with van der Waals surface area (Å²) >= 11 is 3.59. The van der Waals surface area contributed by atoms with Gasteiger partial charge >= 0.3 is 0 Å². The van der Waals surface area contributed by atoms with E-state index < -0.39 is 0 Å². The molecule has 0 saturated carbocycles. The van der Waals surface area contributed by atoms with Crippen molar-refractivity contribution in [3.63, 3.8) is 0 Å². The normalized spacial score (nSPS) is 11.5. The molecule has 80 valence electrons. The van der Waals surface area contributed by atoms with Crippen LogP contribution in [0.3, 0.4) is 0 Å². The minimum atomic E-state index is 1.08. The number of hydrogen-bond donors (Lipinski definition) is 0. The molecule has 2 aromatic rings. The van der Waals surface area contributed by atoms with Crippen molar-refractivity contribution in [3.05, 3.63) is 65.5 Å². The summed E-state index contributed by atoms with van der Waals surface area (Å²) in [5, 5.41) is 0. The monoisotopic (exact) mass is 273 g/mol. The van der Waals surface area contributed by atoms with Crippen molar-refractivity contribution in [1.82, 2.24) is 4.98 Å². The number of nitrogens with zero attached hydrogens (tertiary/aromatic N) is 1. The van der Waals surface area contributed by atoms with Crippen LogP contribution in [-0.4, -0.2) is 4.98 Å². The van der Waals surface area contributed by atoms with Crippen molar-refractivity contribution < 1.29 is 0 Å². The number of rotatable bonds is 2. The van der Waals surface area contributed by atoms with E-state index in [-0.39, 0.29) is 0 Å². The lowest BCUT2D eigenvalue weighted by Gasteiger charge is -2.00. The topological polar surface area (TPSA) is 12.9 Å². The highest BCUT2D eigenvalue weighted by Crippen LogP contribution is 2.24. The second-order valence-corrected chi connectivity index (χ2v) is 4.49. The van der Waals surface area contributed by atoms with Crippen molar-refractivity contribution in [2.45, 2.75) is 6.92 Å². The first-order valence-electron chi connectivity index (χ1n) is 5.10. The van der Waals surface area contributed by atoms with Crippen LogP contribution in [0.5, 0.6) is 0 Å². The first kappa shape index (κ1) is 11.1. The summed E-state index contributed by atoms with van der Waals surface area (Å²) in [5.74, 6) is 0. The number of aryl methyl sites for hydroxylation is 1. The lowest BCUT2D eigenvalue weighted by Crippen LogP contribution is -1.79. The SMILES string of the molecule is Cc1ccc(C(Br)=Cc2ccncc2)cc1. The van der Waals surface area contributed by atoms with Crippen LogP contribution in [0.1, 0.15) is 16.7 Å². The molecule has 0 spiro atoms. The van der Waals surface area contributed by atoms with Crippen molar-refractivity contribution in [1.29, 1.82) is 0 Å². The van der Waals surface area contributed by atoms with Crippen molar-refractivity contribution in [2.75, 3.05) is 0 Å². The van der Waals surface area contributed by atoms with E-state index in [2.05, 4.69) is 58.2 Å². The molecule has 0 aliphatic heterocycles. The van der Waals surface area contributed by atoms with Crippen LogP contribution in [0.25, 0.3) is 10.6 Å². The van der Waals surface area contributed by atoms with Crippen molar-refractivity contribution in [3.8, 4) is 0 Å². The Morgan fingerprint density at radius 3 is 2.31 bits per heavy atom. The van der Waals surface area contributed by atoms with Gasteiger partial charge in [0, 0.05) is 16.9 Å². The Kier molecular flexibility index (Phi) is 3.52. The standard InChI is InChI=1S/C14H12BrN/c1-11-2-4-13(5-3-11)14(15)10-12-6-8-16-9-7-12/h2-10H,1H3. The fourth-order valence-corrected chi connectivity index (χ4v) is 1.93.